The summed E-state index contributed by atoms with van der Waals surface area (Å²) in [4.78, 5) is -0.0474. The zero-order valence-corrected chi connectivity index (χ0v) is 12.3. The number of halogens is 1. The zero-order valence-electron chi connectivity index (χ0n) is 11.5. The van der Waals surface area contributed by atoms with Crippen LogP contribution in [0.15, 0.2) is 47.4 Å². The minimum Gasteiger partial charge on any atom is -0.497 e. The van der Waals surface area contributed by atoms with E-state index in [2.05, 4.69) is 4.72 Å². The van der Waals surface area contributed by atoms with Crippen molar-refractivity contribution in [1.29, 1.82) is 0 Å². The van der Waals surface area contributed by atoms with E-state index < -0.39 is 15.8 Å². The molecule has 0 fully saturated rings. The maximum atomic E-state index is 12.9. The molecule has 0 unspecified atom stereocenters. The molecule has 2 aromatic carbocycles. The lowest BCUT2D eigenvalue weighted by Gasteiger charge is -2.13. The number of methoxy groups -OCH3 is 2. The fraction of sp³-hybridized carbons (Fsp3) is 0.143. The third-order valence-corrected chi connectivity index (χ3v) is 4.16. The molecule has 0 spiro atoms. The van der Waals surface area contributed by atoms with Crippen LogP contribution >= 0.6 is 0 Å². The SMILES string of the molecule is COc1ccc(OC)c(NS(=O)(=O)c2ccc(F)cc2)c1. The van der Waals surface area contributed by atoms with Crippen molar-refractivity contribution in [3.8, 4) is 11.5 Å². The predicted molar refractivity (Wildman–Crippen MR) is 76.8 cm³/mol. The number of sulfonamides is 1. The van der Waals surface area contributed by atoms with Gasteiger partial charge in [0.25, 0.3) is 10.0 Å². The number of nitrogens with one attached hydrogen (secondary N) is 1. The van der Waals surface area contributed by atoms with Gasteiger partial charge in [0.2, 0.25) is 0 Å². The number of hydrogen-bond acceptors (Lipinski definition) is 4. The Labute approximate surface area is 122 Å². The Balaban J connectivity index is 2.38. The van der Waals surface area contributed by atoms with E-state index in [0.29, 0.717) is 11.5 Å². The minimum absolute atomic E-state index is 0.0474. The van der Waals surface area contributed by atoms with Crippen LogP contribution in [0.3, 0.4) is 0 Å². The lowest BCUT2D eigenvalue weighted by Crippen LogP contribution is -2.13. The molecule has 2 rings (SSSR count). The summed E-state index contributed by atoms with van der Waals surface area (Å²) in [5, 5.41) is 0. The standard InChI is InChI=1S/C14H14FNO4S/c1-19-11-5-8-14(20-2)13(9-11)16-21(17,18)12-6-3-10(15)4-7-12/h3-9,16H,1-2H3. The molecule has 0 bridgehead atoms. The molecular weight excluding hydrogens is 297 g/mol. The molecule has 0 radical (unpaired) electrons. The first-order chi connectivity index (χ1) is 9.96. The van der Waals surface area contributed by atoms with Crippen LogP contribution in [0.4, 0.5) is 10.1 Å². The van der Waals surface area contributed by atoms with Gasteiger partial charge in [0.15, 0.2) is 0 Å². The summed E-state index contributed by atoms with van der Waals surface area (Å²) in [7, 11) is -0.940. The molecule has 7 heteroatoms. The van der Waals surface area contributed by atoms with E-state index in [1.54, 1.807) is 12.1 Å². The normalized spacial score (nSPS) is 11.0. The van der Waals surface area contributed by atoms with Crippen molar-refractivity contribution in [2.24, 2.45) is 0 Å². The summed E-state index contributed by atoms with van der Waals surface area (Å²) in [5.74, 6) is 0.321. The van der Waals surface area contributed by atoms with E-state index in [4.69, 9.17) is 9.47 Å². The van der Waals surface area contributed by atoms with E-state index >= 15 is 0 Å². The summed E-state index contributed by atoms with van der Waals surface area (Å²) < 4.78 is 49.9. The Hall–Kier alpha value is -2.28. The highest BCUT2D eigenvalue weighted by molar-refractivity contribution is 7.92. The molecular formula is C14H14FNO4S. The summed E-state index contributed by atoms with van der Waals surface area (Å²) in [6, 6.07) is 9.26. The van der Waals surface area contributed by atoms with Crippen molar-refractivity contribution >= 4 is 15.7 Å². The fourth-order valence-electron chi connectivity index (χ4n) is 1.71. The van der Waals surface area contributed by atoms with Gasteiger partial charge in [-0.2, -0.15) is 0 Å². The first-order valence-electron chi connectivity index (χ1n) is 5.96. The molecule has 0 atom stereocenters. The highest BCUT2D eigenvalue weighted by Gasteiger charge is 2.17. The fourth-order valence-corrected chi connectivity index (χ4v) is 2.77. The number of anilines is 1. The van der Waals surface area contributed by atoms with Gasteiger partial charge in [-0.05, 0) is 36.4 Å². The Morgan fingerprint density at radius 3 is 2.24 bits per heavy atom. The number of hydrogen-bond donors (Lipinski definition) is 1. The second-order valence-corrected chi connectivity index (χ2v) is 5.81. The Morgan fingerprint density at radius 1 is 1.00 bits per heavy atom. The molecule has 0 aliphatic rings. The lowest BCUT2D eigenvalue weighted by atomic mass is 10.3. The van der Waals surface area contributed by atoms with Crippen molar-refractivity contribution in [3.63, 3.8) is 0 Å². The first-order valence-corrected chi connectivity index (χ1v) is 7.45. The van der Waals surface area contributed by atoms with Gasteiger partial charge < -0.3 is 9.47 Å². The number of rotatable bonds is 5. The van der Waals surface area contributed by atoms with Crippen LogP contribution in [0.1, 0.15) is 0 Å². The maximum absolute atomic E-state index is 12.9. The average molecular weight is 311 g/mol. The first kappa shape index (κ1) is 15.1. The van der Waals surface area contributed by atoms with Crippen LogP contribution in [0.25, 0.3) is 0 Å². The number of ether oxygens (including phenoxy) is 2. The largest absolute Gasteiger partial charge is 0.497 e. The van der Waals surface area contributed by atoms with Gasteiger partial charge in [-0.3, -0.25) is 4.72 Å². The highest BCUT2D eigenvalue weighted by atomic mass is 32.2. The third kappa shape index (κ3) is 3.43. The van der Waals surface area contributed by atoms with Crippen LogP contribution in [-0.2, 0) is 10.0 Å². The van der Waals surface area contributed by atoms with Crippen molar-refractivity contribution in [3.05, 3.63) is 48.3 Å². The molecule has 5 nitrogen and oxygen atoms in total. The molecule has 112 valence electrons. The molecule has 0 aromatic heterocycles. The molecule has 0 heterocycles. The average Bonchev–Trinajstić information content (AvgIpc) is 2.47. The molecule has 2 aromatic rings. The van der Waals surface area contributed by atoms with Crippen LogP contribution in [0.2, 0.25) is 0 Å². The van der Waals surface area contributed by atoms with Gasteiger partial charge in [0.05, 0.1) is 24.8 Å². The lowest BCUT2D eigenvalue weighted by molar-refractivity contribution is 0.405. The second kappa shape index (κ2) is 6.01. The summed E-state index contributed by atoms with van der Waals surface area (Å²) in [6.07, 6.45) is 0. The topological polar surface area (TPSA) is 64.6 Å². The molecule has 0 aliphatic carbocycles. The Kier molecular flexibility index (Phi) is 4.32. The van der Waals surface area contributed by atoms with Crippen LogP contribution < -0.4 is 14.2 Å². The van der Waals surface area contributed by atoms with Crippen LogP contribution in [0.5, 0.6) is 11.5 Å². The van der Waals surface area contributed by atoms with E-state index in [9.17, 15) is 12.8 Å². The van der Waals surface area contributed by atoms with E-state index in [1.807, 2.05) is 0 Å². The van der Waals surface area contributed by atoms with Gasteiger partial charge in [-0.15, -0.1) is 0 Å². The molecule has 1 N–H and O–H groups in total. The predicted octanol–water partition coefficient (Wildman–Crippen LogP) is 2.64. The number of benzene rings is 2. The van der Waals surface area contributed by atoms with E-state index in [1.165, 1.54) is 32.4 Å². The summed E-state index contributed by atoms with van der Waals surface area (Å²) in [6.45, 7) is 0. The second-order valence-electron chi connectivity index (χ2n) is 4.13. The van der Waals surface area contributed by atoms with Gasteiger partial charge in [-0.25, -0.2) is 12.8 Å². The molecule has 21 heavy (non-hydrogen) atoms. The van der Waals surface area contributed by atoms with Gasteiger partial charge in [-0.1, -0.05) is 0 Å². The van der Waals surface area contributed by atoms with Crippen molar-refractivity contribution in [1.82, 2.24) is 0 Å². The summed E-state index contributed by atoms with van der Waals surface area (Å²) >= 11 is 0. The smallest absolute Gasteiger partial charge is 0.262 e. The molecule has 0 amide bonds. The van der Waals surface area contributed by atoms with Crippen molar-refractivity contribution in [2.75, 3.05) is 18.9 Å². The molecule has 0 saturated carbocycles. The van der Waals surface area contributed by atoms with E-state index in [-0.39, 0.29) is 10.6 Å². The molecule has 0 aliphatic heterocycles. The van der Waals surface area contributed by atoms with Crippen LogP contribution in [-0.4, -0.2) is 22.6 Å². The van der Waals surface area contributed by atoms with Crippen molar-refractivity contribution in [2.45, 2.75) is 4.90 Å². The zero-order chi connectivity index (χ0) is 15.5. The highest BCUT2D eigenvalue weighted by Crippen LogP contribution is 2.30. The Bertz CT molecular complexity index is 729. The van der Waals surface area contributed by atoms with Crippen molar-refractivity contribution < 1.29 is 22.3 Å². The van der Waals surface area contributed by atoms with Gasteiger partial charge in [0.1, 0.15) is 17.3 Å². The van der Waals surface area contributed by atoms with Crippen LogP contribution in [0, 0.1) is 5.82 Å². The quantitative estimate of drug-likeness (QED) is 0.922. The molecule has 0 saturated heterocycles. The maximum Gasteiger partial charge on any atom is 0.262 e. The monoisotopic (exact) mass is 311 g/mol. The van der Waals surface area contributed by atoms with Gasteiger partial charge in [0, 0.05) is 6.07 Å². The third-order valence-electron chi connectivity index (χ3n) is 2.77. The van der Waals surface area contributed by atoms with E-state index in [0.717, 1.165) is 12.1 Å². The Morgan fingerprint density at radius 2 is 1.67 bits per heavy atom. The minimum atomic E-state index is -3.84. The summed E-state index contributed by atoms with van der Waals surface area (Å²) in [5.41, 5.74) is 0.237. The van der Waals surface area contributed by atoms with Gasteiger partial charge >= 0.3 is 0 Å².